The van der Waals surface area contributed by atoms with Crippen LogP contribution in [-0.4, -0.2) is 42.7 Å². The van der Waals surface area contributed by atoms with Gasteiger partial charge in [0.05, 0.1) is 18.8 Å². The third kappa shape index (κ3) is 5.34. The van der Waals surface area contributed by atoms with E-state index in [1.54, 1.807) is 6.92 Å². The normalized spacial score (nSPS) is 21.4. The van der Waals surface area contributed by atoms with Gasteiger partial charge in [0.2, 0.25) is 0 Å². The molecule has 0 bridgehead atoms. The minimum atomic E-state index is -4.31. The fraction of sp³-hybridized carbons (Fsp3) is 1.00. The summed E-state index contributed by atoms with van der Waals surface area (Å²) in [7, 11) is 0. The number of halogens is 3. The third-order valence-corrected chi connectivity index (χ3v) is 2.17. The molecule has 2 N–H and O–H groups in total. The van der Waals surface area contributed by atoms with Crippen LogP contribution < -0.4 is 5.32 Å². The molecular formula is C9H16F3NO2. The Morgan fingerprint density at radius 3 is 2.33 bits per heavy atom. The lowest BCUT2D eigenvalue weighted by molar-refractivity contribution is -0.178. The first kappa shape index (κ1) is 12.7. The van der Waals surface area contributed by atoms with Crippen LogP contribution in [0, 0.1) is 0 Å². The van der Waals surface area contributed by atoms with E-state index in [4.69, 9.17) is 5.11 Å². The van der Waals surface area contributed by atoms with Crippen LogP contribution in [-0.2, 0) is 4.74 Å². The maximum absolute atomic E-state index is 11.8. The molecule has 0 saturated heterocycles. The predicted molar refractivity (Wildman–Crippen MR) is 48.5 cm³/mol. The SMILES string of the molecule is CC(CO)(COCC(F)(F)F)NC1CC1. The van der Waals surface area contributed by atoms with Crippen LogP contribution in [0.25, 0.3) is 0 Å². The molecule has 1 rings (SSSR count). The van der Waals surface area contributed by atoms with Crippen LogP contribution in [0.5, 0.6) is 0 Å². The Balaban J connectivity index is 2.25. The van der Waals surface area contributed by atoms with Gasteiger partial charge >= 0.3 is 6.18 Å². The smallest absolute Gasteiger partial charge is 0.394 e. The Kier molecular flexibility index (Phi) is 3.97. The molecule has 0 aromatic rings. The van der Waals surface area contributed by atoms with Crippen LogP contribution in [0.1, 0.15) is 19.8 Å². The van der Waals surface area contributed by atoms with Gasteiger partial charge in [-0.1, -0.05) is 0 Å². The average Bonchev–Trinajstić information content (AvgIpc) is 2.86. The zero-order valence-corrected chi connectivity index (χ0v) is 8.60. The van der Waals surface area contributed by atoms with Crippen LogP contribution >= 0.6 is 0 Å². The molecule has 0 aromatic carbocycles. The molecule has 6 heteroatoms. The van der Waals surface area contributed by atoms with E-state index in [-0.39, 0.29) is 13.2 Å². The van der Waals surface area contributed by atoms with Gasteiger partial charge in [0, 0.05) is 6.04 Å². The fourth-order valence-electron chi connectivity index (χ4n) is 1.25. The summed E-state index contributed by atoms with van der Waals surface area (Å²) in [5.41, 5.74) is -0.771. The van der Waals surface area contributed by atoms with Crippen molar-refractivity contribution >= 4 is 0 Å². The van der Waals surface area contributed by atoms with Gasteiger partial charge in [-0.2, -0.15) is 13.2 Å². The van der Waals surface area contributed by atoms with Gasteiger partial charge in [0.1, 0.15) is 6.61 Å². The lowest BCUT2D eigenvalue weighted by atomic mass is 10.1. The van der Waals surface area contributed by atoms with Crippen LogP contribution in [0.3, 0.4) is 0 Å². The molecule has 3 nitrogen and oxygen atoms in total. The third-order valence-electron chi connectivity index (χ3n) is 2.17. The summed E-state index contributed by atoms with van der Waals surface area (Å²) in [5, 5.41) is 12.1. The number of hydrogen-bond acceptors (Lipinski definition) is 3. The molecule has 0 heterocycles. The Morgan fingerprint density at radius 1 is 1.33 bits per heavy atom. The van der Waals surface area contributed by atoms with Crippen molar-refractivity contribution in [2.75, 3.05) is 19.8 Å². The van der Waals surface area contributed by atoms with E-state index in [9.17, 15) is 13.2 Å². The van der Waals surface area contributed by atoms with Gasteiger partial charge in [-0.25, -0.2) is 0 Å². The summed E-state index contributed by atoms with van der Waals surface area (Å²) in [6, 6.07) is 0.316. The minimum Gasteiger partial charge on any atom is -0.394 e. The number of alkyl halides is 3. The number of aliphatic hydroxyl groups excluding tert-OH is 1. The molecule has 1 atom stereocenters. The van der Waals surface area contributed by atoms with E-state index in [2.05, 4.69) is 10.1 Å². The number of nitrogens with one attached hydrogen (secondary N) is 1. The standard InChI is InChI=1S/C9H16F3NO2/c1-8(4-14,13-7-2-3-7)5-15-6-9(10,11)12/h7,13-14H,2-6H2,1H3. The number of ether oxygens (including phenoxy) is 1. The van der Waals surface area contributed by atoms with Gasteiger partial charge in [-0.05, 0) is 19.8 Å². The highest BCUT2D eigenvalue weighted by atomic mass is 19.4. The molecule has 1 unspecified atom stereocenters. The quantitative estimate of drug-likeness (QED) is 0.713. The maximum atomic E-state index is 11.8. The lowest BCUT2D eigenvalue weighted by Crippen LogP contribution is -2.51. The summed E-state index contributed by atoms with van der Waals surface area (Å²) < 4.78 is 39.9. The Hall–Kier alpha value is -0.330. The van der Waals surface area contributed by atoms with Crippen LogP contribution in [0.2, 0.25) is 0 Å². The van der Waals surface area contributed by atoms with E-state index in [0.29, 0.717) is 6.04 Å². The highest BCUT2D eigenvalue weighted by molar-refractivity contribution is 4.92. The second-order valence-corrected chi connectivity index (χ2v) is 4.25. The second kappa shape index (κ2) is 4.67. The van der Waals surface area contributed by atoms with E-state index < -0.39 is 18.3 Å². The van der Waals surface area contributed by atoms with E-state index in [1.165, 1.54) is 0 Å². The molecule has 1 aliphatic rings. The van der Waals surface area contributed by atoms with E-state index in [1.807, 2.05) is 0 Å². The number of aliphatic hydroxyl groups is 1. The molecule has 0 radical (unpaired) electrons. The first-order valence-electron chi connectivity index (χ1n) is 4.88. The zero-order valence-electron chi connectivity index (χ0n) is 8.60. The van der Waals surface area contributed by atoms with Crippen molar-refractivity contribution in [2.24, 2.45) is 0 Å². The van der Waals surface area contributed by atoms with Crippen molar-refractivity contribution in [3.05, 3.63) is 0 Å². The summed E-state index contributed by atoms with van der Waals surface area (Å²) >= 11 is 0. The molecule has 1 fully saturated rings. The molecule has 0 aliphatic heterocycles. The Labute approximate surface area is 86.6 Å². The molecule has 90 valence electrons. The first-order chi connectivity index (χ1) is 6.85. The van der Waals surface area contributed by atoms with Crippen molar-refractivity contribution in [3.8, 4) is 0 Å². The Bertz CT molecular complexity index is 206. The van der Waals surface area contributed by atoms with Gasteiger partial charge in [0.15, 0.2) is 0 Å². The minimum absolute atomic E-state index is 0.139. The van der Waals surface area contributed by atoms with Crippen molar-refractivity contribution in [1.29, 1.82) is 0 Å². The number of rotatable bonds is 6. The molecule has 15 heavy (non-hydrogen) atoms. The van der Waals surface area contributed by atoms with Crippen LogP contribution in [0.4, 0.5) is 13.2 Å². The molecule has 1 saturated carbocycles. The van der Waals surface area contributed by atoms with Gasteiger partial charge in [0.25, 0.3) is 0 Å². The topological polar surface area (TPSA) is 41.5 Å². The van der Waals surface area contributed by atoms with E-state index >= 15 is 0 Å². The summed E-state index contributed by atoms with van der Waals surface area (Å²) in [6.45, 7) is 0.0114. The molecule has 0 aromatic heterocycles. The molecule has 0 amide bonds. The average molecular weight is 227 g/mol. The van der Waals surface area contributed by atoms with Gasteiger partial charge in [-0.3, -0.25) is 0 Å². The number of hydrogen-bond donors (Lipinski definition) is 2. The predicted octanol–water partition coefficient (Wildman–Crippen LogP) is 1.07. The highest BCUT2D eigenvalue weighted by Crippen LogP contribution is 2.23. The van der Waals surface area contributed by atoms with Crippen molar-refractivity contribution in [1.82, 2.24) is 5.32 Å². The zero-order chi connectivity index (χ0) is 11.5. The van der Waals surface area contributed by atoms with Gasteiger partial charge in [-0.15, -0.1) is 0 Å². The molecular weight excluding hydrogens is 211 g/mol. The van der Waals surface area contributed by atoms with Crippen LogP contribution in [0.15, 0.2) is 0 Å². The molecule has 1 aliphatic carbocycles. The lowest BCUT2D eigenvalue weighted by Gasteiger charge is -2.28. The first-order valence-corrected chi connectivity index (χ1v) is 4.88. The molecule has 0 spiro atoms. The Morgan fingerprint density at radius 2 is 1.93 bits per heavy atom. The van der Waals surface area contributed by atoms with Crippen molar-refractivity contribution in [3.63, 3.8) is 0 Å². The van der Waals surface area contributed by atoms with Crippen molar-refractivity contribution < 1.29 is 23.0 Å². The maximum Gasteiger partial charge on any atom is 0.411 e. The highest BCUT2D eigenvalue weighted by Gasteiger charge is 2.34. The second-order valence-electron chi connectivity index (χ2n) is 4.25. The fourth-order valence-corrected chi connectivity index (χ4v) is 1.25. The van der Waals surface area contributed by atoms with E-state index in [0.717, 1.165) is 12.8 Å². The summed E-state index contributed by atoms with van der Waals surface area (Å²) in [5.74, 6) is 0. The van der Waals surface area contributed by atoms with Gasteiger partial charge < -0.3 is 15.2 Å². The van der Waals surface area contributed by atoms with Crippen molar-refractivity contribution in [2.45, 2.75) is 37.5 Å². The summed E-state index contributed by atoms with van der Waals surface area (Å²) in [6.07, 6.45) is -2.29. The monoisotopic (exact) mass is 227 g/mol. The summed E-state index contributed by atoms with van der Waals surface area (Å²) in [4.78, 5) is 0. The largest absolute Gasteiger partial charge is 0.411 e.